The van der Waals surface area contributed by atoms with Gasteiger partial charge in [0.25, 0.3) is 11.5 Å². The number of thiazole rings is 1. The molecule has 188 valence electrons. The predicted octanol–water partition coefficient (Wildman–Crippen LogP) is 2.71. The van der Waals surface area contributed by atoms with Crippen LogP contribution in [0.3, 0.4) is 0 Å². The number of amides is 1. The van der Waals surface area contributed by atoms with Gasteiger partial charge in [-0.15, -0.1) is 6.58 Å². The summed E-state index contributed by atoms with van der Waals surface area (Å²) in [6, 6.07) is 13.8. The van der Waals surface area contributed by atoms with Crippen molar-refractivity contribution in [1.82, 2.24) is 4.57 Å². The summed E-state index contributed by atoms with van der Waals surface area (Å²) in [5.41, 5.74) is 2.78. The zero-order valence-electron chi connectivity index (χ0n) is 20.7. The van der Waals surface area contributed by atoms with E-state index in [1.807, 2.05) is 36.4 Å². The third-order valence-corrected chi connectivity index (χ3v) is 7.44. The van der Waals surface area contributed by atoms with Crippen molar-refractivity contribution in [3.05, 3.63) is 103 Å². The average molecular weight is 516 g/mol. The second-order valence-electron chi connectivity index (χ2n) is 8.49. The number of rotatable bonds is 6. The highest BCUT2D eigenvalue weighted by atomic mass is 32.1. The highest BCUT2D eigenvalue weighted by molar-refractivity contribution is 7.07. The van der Waals surface area contributed by atoms with E-state index in [0.717, 1.165) is 17.0 Å². The van der Waals surface area contributed by atoms with E-state index in [0.29, 0.717) is 39.5 Å². The molecule has 0 saturated carbocycles. The van der Waals surface area contributed by atoms with E-state index >= 15 is 0 Å². The molecule has 0 saturated heterocycles. The molecule has 8 nitrogen and oxygen atoms in total. The molecule has 0 unspecified atom stereocenters. The second kappa shape index (κ2) is 9.67. The first kappa shape index (κ1) is 24.5. The molecule has 0 spiro atoms. The predicted molar refractivity (Wildman–Crippen MR) is 141 cm³/mol. The third kappa shape index (κ3) is 3.92. The number of esters is 1. The maximum Gasteiger partial charge on any atom is 0.338 e. The van der Waals surface area contributed by atoms with E-state index in [-0.39, 0.29) is 22.6 Å². The molecule has 0 N–H and O–H groups in total. The summed E-state index contributed by atoms with van der Waals surface area (Å²) in [6.07, 6.45) is 1.65. The van der Waals surface area contributed by atoms with Gasteiger partial charge in [0.1, 0.15) is 10.3 Å². The van der Waals surface area contributed by atoms with Crippen LogP contribution in [0.1, 0.15) is 31.0 Å². The van der Waals surface area contributed by atoms with Crippen molar-refractivity contribution in [2.24, 2.45) is 4.99 Å². The molecule has 1 atom stereocenters. The number of ether oxygens (including phenoxy) is 2. The number of hydrogen-bond acceptors (Lipinski definition) is 7. The molecular formula is C28H25N3O5S. The smallest absolute Gasteiger partial charge is 0.338 e. The number of anilines is 1. The summed E-state index contributed by atoms with van der Waals surface area (Å²) >= 11 is 1.15. The Balaban J connectivity index is 1.80. The van der Waals surface area contributed by atoms with Crippen molar-refractivity contribution in [2.45, 2.75) is 19.9 Å². The standard InChI is InChI=1S/C28H25N3O5S/c1-5-15-30-20-10-8-7-9-19(20)22(25(30)32)24-26(33)31-23(17-11-13-18(35-4)14-12-17)21(27(34)36-6-2)16(3)29-28(31)37-24/h5,7-14,23H,1,6,15H2,2-4H3/b24-22+/t23-/m0/s1. The minimum atomic E-state index is -0.772. The maximum absolute atomic E-state index is 14.1. The van der Waals surface area contributed by atoms with Crippen LogP contribution >= 0.6 is 11.3 Å². The van der Waals surface area contributed by atoms with E-state index in [2.05, 4.69) is 11.6 Å². The quantitative estimate of drug-likeness (QED) is 0.372. The third-order valence-electron chi connectivity index (χ3n) is 6.39. The Kier molecular flexibility index (Phi) is 6.39. The monoisotopic (exact) mass is 515 g/mol. The molecule has 1 amide bonds. The molecule has 2 aliphatic rings. The first-order valence-electron chi connectivity index (χ1n) is 11.8. The zero-order chi connectivity index (χ0) is 26.3. The van der Waals surface area contributed by atoms with E-state index in [9.17, 15) is 14.4 Å². The van der Waals surface area contributed by atoms with Crippen LogP contribution < -0.4 is 24.5 Å². The van der Waals surface area contributed by atoms with Gasteiger partial charge in [0.05, 0.1) is 42.3 Å². The highest BCUT2D eigenvalue weighted by Crippen LogP contribution is 2.35. The zero-order valence-corrected chi connectivity index (χ0v) is 21.5. The molecule has 37 heavy (non-hydrogen) atoms. The molecule has 0 bridgehead atoms. The lowest BCUT2D eigenvalue weighted by atomic mass is 9.96. The Labute approximate surface area is 217 Å². The minimum absolute atomic E-state index is 0.184. The van der Waals surface area contributed by atoms with Crippen molar-refractivity contribution >= 4 is 34.5 Å². The van der Waals surface area contributed by atoms with Gasteiger partial charge in [0.2, 0.25) is 0 Å². The lowest BCUT2D eigenvalue weighted by molar-refractivity contribution is -0.139. The summed E-state index contributed by atoms with van der Waals surface area (Å²) in [5, 5.41) is 0. The molecule has 0 aliphatic carbocycles. The fourth-order valence-corrected chi connectivity index (χ4v) is 5.89. The van der Waals surface area contributed by atoms with Gasteiger partial charge in [0.15, 0.2) is 4.80 Å². The normalized spacial score (nSPS) is 17.8. The van der Waals surface area contributed by atoms with Gasteiger partial charge in [-0.1, -0.05) is 47.7 Å². The van der Waals surface area contributed by atoms with Gasteiger partial charge in [-0.3, -0.25) is 14.2 Å². The fraction of sp³-hybridized carbons (Fsp3) is 0.214. The molecule has 2 aromatic carbocycles. The number of aromatic nitrogens is 1. The summed E-state index contributed by atoms with van der Waals surface area (Å²) in [6.45, 7) is 7.72. The highest BCUT2D eigenvalue weighted by Gasteiger charge is 2.37. The van der Waals surface area contributed by atoms with E-state index in [4.69, 9.17) is 9.47 Å². The number of hydrogen-bond donors (Lipinski definition) is 0. The molecule has 0 fully saturated rings. The summed E-state index contributed by atoms with van der Waals surface area (Å²) in [4.78, 5) is 47.3. The Hall–Kier alpha value is -4.24. The largest absolute Gasteiger partial charge is 0.497 e. The van der Waals surface area contributed by atoms with Crippen LogP contribution in [0.2, 0.25) is 0 Å². The van der Waals surface area contributed by atoms with Crippen LogP contribution in [-0.2, 0) is 14.3 Å². The lowest BCUT2D eigenvalue weighted by Gasteiger charge is -2.24. The van der Waals surface area contributed by atoms with Gasteiger partial charge in [0, 0.05) is 12.1 Å². The summed E-state index contributed by atoms with van der Waals surface area (Å²) in [7, 11) is 1.57. The van der Waals surface area contributed by atoms with Crippen LogP contribution in [0.25, 0.3) is 5.57 Å². The number of benzene rings is 2. The number of methoxy groups -OCH3 is 1. The van der Waals surface area contributed by atoms with Crippen molar-refractivity contribution in [2.75, 3.05) is 25.2 Å². The Morgan fingerprint density at radius 2 is 1.89 bits per heavy atom. The van der Waals surface area contributed by atoms with Gasteiger partial charge in [-0.25, -0.2) is 9.79 Å². The maximum atomic E-state index is 14.1. The Bertz CT molecular complexity index is 1650. The molecule has 2 aliphatic heterocycles. The molecule has 5 rings (SSSR count). The van der Waals surface area contributed by atoms with Crippen LogP contribution in [-0.4, -0.2) is 36.7 Å². The van der Waals surface area contributed by atoms with Crippen LogP contribution in [0.5, 0.6) is 5.75 Å². The first-order valence-corrected chi connectivity index (χ1v) is 12.6. The van der Waals surface area contributed by atoms with Gasteiger partial charge in [-0.2, -0.15) is 0 Å². The van der Waals surface area contributed by atoms with Crippen molar-refractivity contribution in [3.8, 4) is 5.75 Å². The molecule has 1 aromatic heterocycles. The second-order valence-corrected chi connectivity index (χ2v) is 9.47. The number of fused-ring (bicyclic) bond motifs is 2. The van der Waals surface area contributed by atoms with Gasteiger partial charge in [-0.05, 0) is 37.6 Å². The van der Waals surface area contributed by atoms with Crippen molar-refractivity contribution in [1.29, 1.82) is 0 Å². The first-order chi connectivity index (χ1) is 17.9. The molecular weight excluding hydrogens is 490 g/mol. The summed E-state index contributed by atoms with van der Waals surface area (Å²) in [5.74, 6) is -0.164. The topological polar surface area (TPSA) is 90.2 Å². The number of carbonyl (C=O) groups is 2. The van der Waals surface area contributed by atoms with Crippen LogP contribution in [0.15, 0.2) is 82.2 Å². The molecule has 3 heterocycles. The number of para-hydroxylation sites is 1. The van der Waals surface area contributed by atoms with Gasteiger partial charge >= 0.3 is 5.97 Å². The molecule has 3 aromatic rings. The minimum Gasteiger partial charge on any atom is -0.497 e. The van der Waals surface area contributed by atoms with Crippen molar-refractivity contribution < 1.29 is 19.1 Å². The Morgan fingerprint density at radius 3 is 2.57 bits per heavy atom. The van der Waals surface area contributed by atoms with Crippen LogP contribution in [0.4, 0.5) is 5.69 Å². The van der Waals surface area contributed by atoms with Gasteiger partial charge < -0.3 is 14.4 Å². The number of carbonyl (C=O) groups excluding carboxylic acids is 2. The number of nitrogens with zero attached hydrogens (tertiary/aromatic N) is 3. The lowest BCUT2D eigenvalue weighted by Crippen LogP contribution is -2.41. The average Bonchev–Trinajstić information content (AvgIpc) is 3.36. The van der Waals surface area contributed by atoms with E-state index in [1.165, 1.54) is 4.57 Å². The summed E-state index contributed by atoms with van der Waals surface area (Å²) < 4.78 is 12.4. The molecule has 9 heteroatoms. The van der Waals surface area contributed by atoms with Crippen LogP contribution in [0, 0.1) is 0 Å². The molecule has 0 radical (unpaired) electrons. The SMILES string of the molecule is C=CCN1C(=O)/C(=c2/sc3n(c2=O)[C@@H](c2ccc(OC)cc2)C(C(=O)OCC)=C(C)N=3)c2ccccc21. The van der Waals surface area contributed by atoms with E-state index < -0.39 is 17.6 Å². The van der Waals surface area contributed by atoms with E-state index in [1.54, 1.807) is 44.1 Å². The fourth-order valence-electron chi connectivity index (χ4n) is 4.75. The number of allylic oxidation sites excluding steroid dienone is 1. The van der Waals surface area contributed by atoms with Crippen molar-refractivity contribution in [3.63, 3.8) is 0 Å². The Morgan fingerprint density at radius 1 is 1.16 bits per heavy atom.